The van der Waals surface area contributed by atoms with Crippen LogP contribution in [0, 0.1) is 5.82 Å². The van der Waals surface area contributed by atoms with E-state index in [1.54, 1.807) is 18.5 Å². The average Bonchev–Trinajstić information content (AvgIpc) is 2.33. The van der Waals surface area contributed by atoms with Crippen LogP contribution >= 0.6 is 15.9 Å². The van der Waals surface area contributed by atoms with Gasteiger partial charge in [-0.3, -0.25) is 4.98 Å². The molecule has 0 spiro atoms. The maximum Gasteiger partial charge on any atom is 0.128 e. The summed E-state index contributed by atoms with van der Waals surface area (Å²) in [6.45, 7) is 1.22. The van der Waals surface area contributed by atoms with Crippen molar-refractivity contribution in [3.63, 3.8) is 0 Å². The molecule has 4 heteroatoms. The van der Waals surface area contributed by atoms with E-state index in [1.165, 1.54) is 6.07 Å². The fourth-order valence-electron chi connectivity index (χ4n) is 1.51. The highest BCUT2D eigenvalue weighted by Gasteiger charge is 2.02. The van der Waals surface area contributed by atoms with E-state index in [9.17, 15) is 4.39 Å². The molecule has 1 aromatic carbocycles. The van der Waals surface area contributed by atoms with Gasteiger partial charge >= 0.3 is 0 Å². The molecule has 1 N–H and O–H groups in total. The van der Waals surface area contributed by atoms with Crippen LogP contribution in [-0.2, 0) is 13.1 Å². The molecule has 2 nitrogen and oxygen atoms in total. The molecule has 88 valence electrons. The first-order valence-electron chi connectivity index (χ1n) is 5.29. The standard InChI is InChI=1S/C13H12BrFN2/c14-12-2-1-11(13(15)7-12)9-17-8-10-3-5-16-6-4-10/h1-7,17H,8-9H2. The second-order valence-corrected chi connectivity index (χ2v) is 4.61. The van der Waals surface area contributed by atoms with Crippen molar-refractivity contribution >= 4 is 15.9 Å². The number of rotatable bonds is 4. The van der Waals surface area contributed by atoms with Crippen molar-refractivity contribution in [2.24, 2.45) is 0 Å². The minimum absolute atomic E-state index is 0.193. The zero-order chi connectivity index (χ0) is 12.1. The van der Waals surface area contributed by atoms with Crippen LogP contribution < -0.4 is 5.32 Å². The zero-order valence-electron chi connectivity index (χ0n) is 9.16. The molecule has 0 unspecified atom stereocenters. The molecule has 0 amide bonds. The summed E-state index contributed by atoms with van der Waals surface area (Å²) in [4.78, 5) is 3.94. The normalized spacial score (nSPS) is 10.5. The zero-order valence-corrected chi connectivity index (χ0v) is 10.7. The summed E-state index contributed by atoms with van der Waals surface area (Å²) in [6, 6.07) is 8.96. The highest BCUT2D eigenvalue weighted by molar-refractivity contribution is 9.10. The average molecular weight is 295 g/mol. The lowest BCUT2D eigenvalue weighted by atomic mass is 10.2. The van der Waals surface area contributed by atoms with Gasteiger partial charge in [-0.1, -0.05) is 22.0 Å². The second kappa shape index (κ2) is 5.89. The number of nitrogens with one attached hydrogen (secondary N) is 1. The molecule has 0 saturated carbocycles. The number of aromatic nitrogens is 1. The molecular weight excluding hydrogens is 283 g/mol. The SMILES string of the molecule is Fc1cc(Br)ccc1CNCc1ccncc1. The van der Waals surface area contributed by atoms with Gasteiger partial charge in [0.1, 0.15) is 5.82 Å². The monoisotopic (exact) mass is 294 g/mol. The van der Waals surface area contributed by atoms with Crippen LogP contribution in [-0.4, -0.2) is 4.98 Å². The molecule has 17 heavy (non-hydrogen) atoms. The van der Waals surface area contributed by atoms with E-state index in [0.29, 0.717) is 18.7 Å². The predicted octanol–water partition coefficient (Wildman–Crippen LogP) is 3.27. The minimum Gasteiger partial charge on any atom is -0.309 e. The Morgan fingerprint density at radius 1 is 1.12 bits per heavy atom. The van der Waals surface area contributed by atoms with Crippen LogP contribution in [0.3, 0.4) is 0 Å². The molecule has 0 saturated heterocycles. The number of hydrogen-bond donors (Lipinski definition) is 1. The Hall–Kier alpha value is -1.26. The summed E-state index contributed by atoms with van der Waals surface area (Å²) in [5.41, 5.74) is 1.81. The van der Waals surface area contributed by atoms with E-state index < -0.39 is 0 Å². The lowest BCUT2D eigenvalue weighted by molar-refractivity contribution is 0.587. The Morgan fingerprint density at radius 2 is 1.88 bits per heavy atom. The van der Waals surface area contributed by atoms with Crippen molar-refractivity contribution in [2.45, 2.75) is 13.1 Å². The van der Waals surface area contributed by atoms with Gasteiger partial charge in [0.25, 0.3) is 0 Å². The Bertz CT molecular complexity index is 488. The highest BCUT2D eigenvalue weighted by atomic mass is 79.9. The molecule has 2 rings (SSSR count). The maximum absolute atomic E-state index is 13.5. The first-order chi connectivity index (χ1) is 8.25. The van der Waals surface area contributed by atoms with E-state index in [-0.39, 0.29) is 5.82 Å². The van der Waals surface area contributed by atoms with Crippen LogP contribution in [0.2, 0.25) is 0 Å². The molecule has 0 atom stereocenters. The van der Waals surface area contributed by atoms with E-state index in [2.05, 4.69) is 26.2 Å². The summed E-state index contributed by atoms with van der Waals surface area (Å²) < 4.78 is 14.3. The first-order valence-corrected chi connectivity index (χ1v) is 6.08. The van der Waals surface area contributed by atoms with E-state index in [4.69, 9.17) is 0 Å². The van der Waals surface area contributed by atoms with Gasteiger partial charge in [-0.15, -0.1) is 0 Å². The second-order valence-electron chi connectivity index (χ2n) is 3.69. The smallest absolute Gasteiger partial charge is 0.128 e. The van der Waals surface area contributed by atoms with Crippen molar-refractivity contribution in [3.05, 3.63) is 64.1 Å². The molecule has 0 aliphatic heterocycles. The van der Waals surface area contributed by atoms with Crippen LogP contribution in [0.4, 0.5) is 4.39 Å². The summed E-state index contributed by atoms with van der Waals surface area (Å²) in [7, 11) is 0. The fraction of sp³-hybridized carbons (Fsp3) is 0.154. The lowest BCUT2D eigenvalue weighted by Crippen LogP contribution is -2.13. The van der Waals surface area contributed by atoms with E-state index >= 15 is 0 Å². The summed E-state index contributed by atoms with van der Waals surface area (Å²) in [5.74, 6) is -0.193. The molecule has 1 aromatic heterocycles. The Kier molecular flexibility index (Phi) is 4.23. The predicted molar refractivity (Wildman–Crippen MR) is 68.9 cm³/mol. The Morgan fingerprint density at radius 3 is 2.59 bits per heavy atom. The topological polar surface area (TPSA) is 24.9 Å². The largest absolute Gasteiger partial charge is 0.309 e. The molecule has 1 heterocycles. The van der Waals surface area contributed by atoms with Gasteiger partial charge in [-0.25, -0.2) is 4.39 Å². The van der Waals surface area contributed by atoms with Gasteiger partial charge in [0.15, 0.2) is 0 Å². The molecular formula is C13H12BrFN2. The Balaban J connectivity index is 1.90. The van der Waals surface area contributed by atoms with Gasteiger partial charge in [0, 0.05) is 35.5 Å². The van der Waals surface area contributed by atoms with Gasteiger partial charge in [0.05, 0.1) is 0 Å². The molecule has 0 aliphatic rings. The molecule has 0 aliphatic carbocycles. The summed E-state index contributed by atoms with van der Waals surface area (Å²) >= 11 is 3.23. The van der Waals surface area contributed by atoms with Gasteiger partial charge in [0.2, 0.25) is 0 Å². The minimum atomic E-state index is -0.193. The fourth-order valence-corrected chi connectivity index (χ4v) is 1.84. The van der Waals surface area contributed by atoms with Crippen LogP contribution in [0.1, 0.15) is 11.1 Å². The maximum atomic E-state index is 13.5. The third kappa shape index (κ3) is 3.61. The molecule has 0 fully saturated rings. The highest BCUT2D eigenvalue weighted by Crippen LogP contribution is 2.15. The van der Waals surface area contributed by atoms with Gasteiger partial charge in [-0.05, 0) is 29.8 Å². The lowest BCUT2D eigenvalue weighted by Gasteiger charge is -2.06. The van der Waals surface area contributed by atoms with Crippen LogP contribution in [0.15, 0.2) is 47.2 Å². The number of halogens is 2. The van der Waals surface area contributed by atoms with Gasteiger partial charge in [-0.2, -0.15) is 0 Å². The van der Waals surface area contributed by atoms with Gasteiger partial charge < -0.3 is 5.32 Å². The van der Waals surface area contributed by atoms with Crippen molar-refractivity contribution in [1.29, 1.82) is 0 Å². The number of benzene rings is 1. The van der Waals surface area contributed by atoms with Crippen LogP contribution in [0.5, 0.6) is 0 Å². The molecule has 2 aromatic rings. The number of hydrogen-bond acceptors (Lipinski definition) is 2. The van der Waals surface area contributed by atoms with Crippen molar-refractivity contribution < 1.29 is 4.39 Å². The van der Waals surface area contributed by atoms with E-state index in [0.717, 1.165) is 10.0 Å². The van der Waals surface area contributed by atoms with Crippen molar-refractivity contribution in [1.82, 2.24) is 10.3 Å². The summed E-state index contributed by atoms with van der Waals surface area (Å²) in [6.07, 6.45) is 3.49. The quantitative estimate of drug-likeness (QED) is 0.936. The van der Waals surface area contributed by atoms with Crippen LogP contribution in [0.25, 0.3) is 0 Å². The molecule has 0 bridgehead atoms. The van der Waals surface area contributed by atoms with Crippen molar-refractivity contribution in [2.75, 3.05) is 0 Å². The Labute approximate surface area is 108 Å². The number of pyridine rings is 1. The van der Waals surface area contributed by atoms with Crippen molar-refractivity contribution in [3.8, 4) is 0 Å². The third-order valence-electron chi connectivity index (χ3n) is 2.41. The first kappa shape index (κ1) is 12.2. The van der Waals surface area contributed by atoms with E-state index in [1.807, 2.05) is 18.2 Å². The third-order valence-corrected chi connectivity index (χ3v) is 2.90. The number of nitrogens with zero attached hydrogens (tertiary/aromatic N) is 1. The summed E-state index contributed by atoms with van der Waals surface area (Å²) in [5, 5.41) is 3.20. The molecule has 0 radical (unpaired) electrons.